The number of nitrogens with zero attached hydrogens (tertiary/aromatic N) is 3. The molecule has 106 valence electrons. The van der Waals surface area contributed by atoms with E-state index >= 15 is 0 Å². The first-order valence-corrected chi connectivity index (χ1v) is 6.99. The second kappa shape index (κ2) is 6.10. The minimum absolute atomic E-state index is 0.599. The summed E-state index contributed by atoms with van der Waals surface area (Å²) in [6.07, 6.45) is 1.17. The normalized spacial score (nSPS) is 19.2. The lowest BCUT2D eigenvalue weighted by Crippen LogP contribution is -2.37. The molecule has 2 N–H and O–H groups in total. The van der Waals surface area contributed by atoms with Crippen molar-refractivity contribution < 1.29 is 4.74 Å². The summed E-state index contributed by atoms with van der Waals surface area (Å²) in [4.78, 5) is 9.24. The standard InChI is InChI=1S/C14H24N4O/c1-4-17(5-2)11-8-9-18(10-11)14-12(15)6-7-13(16-14)19-3/h6-7,11H,4-5,8-10,15H2,1-3H3. The molecule has 0 spiro atoms. The van der Waals surface area contributed by atoms with Crippen LogP contribution in [0.4, 0.5) is 11.5 Å². The van der Waals surface area contributed by atoms with Gasteiger partial charge in [0.2, 0.25) is 5.88 Å². The van der Waals surface area contributed by atoms with Gasteiger partial charge in [0.1, 0.15) is 0 Å². The average Bonchev–Trinajstić information content (AvgIpc) is 2.90. The summed E-state index contributed by atoms with van der Waals surface area (Å²) in [5, 5.41) is 0. The van der Waals surface area contributed by atoms with E-state index in [0.29, 0.717) is 11.9 Å². The number of nitrogens with two attached hydrogens (primary N) is 1. The van der Waals surface area contributed by atoms with Gasteiger partial charge in [-0.15, -0.1) is 0 Å². The maximum Gasteiger partial charge on any atom is 0.215 e. The quantitative estimate of drug-likeness (QED) is 0.875. The number of nitrogen functional groups attached to an aromatic ring is 1. The van der Waals surface area contributed by atoms with Gasteiger partial charge in [-0.25, -0.2) is 0 Å². The van der Waals surface area contributed by atoms with E-state index in [4.69, 9.17) is 10.5 Å². The molecule has 5 heteroatoms. The van der Waals surface area contributed by atoms with Crippen LogP contribution in [0.1, 0.15) is 20.3 Å². The van der Waals surface area contributed by atoms with Crippen LogP contribution < -0.4 is 15.4 Å². The Morgan fingerprint density at radius 3 is 2.79 bits per heavy atom. The van der Waals surface area contributed by atoms with E-state index in [1.54, 1.807) is 13.2 Å². The van der Waals surface area contributed by atoms with Gasteiger partial charge in [-0.1, -0.05) is 13.8 Å². The number of pyridine rings is 1. The lowest BCUT2D eigenvalue weighted by atomic mass is 10.2. The number of aromatic nitrogens is 1. The fraction of sp³-hybridized carbons (Fsp3) is 0.643. The minimum Gasteiger partial charge on any atom is -0.481 e. The van der Waals surface area contributed by atoms with Crippen molar-refractivity contribution in [3.8, 4) is 5.88 Å². The topological polar surface area (TPSA) is 54.6 Å². The number of rotatable bonds is 5. The summed E-state index contributed by atoms with van der Waals surface area (Å²) >= 11 is 0. The number of hydrogen-bond donors (Lipinski definition) is 1. The Labute approximate surface area is 115 Å². The molecule has 0 amide bonds. The van der Waals surface area contributed by atoms with Crippen molar-refractivity contribution in [1.29, 1.82) is 0 Å². The largest absolute Gasteiger partial charge is 0.481 e. The van der Waals surface area contributed by atoms with Crippen molar-refractivity contribution in [3.05, 3.63) is 12.1 Å². The maximum absolute atomic E-state index is 6.04. The van der Waals surface area contributed by atoms with E-state index in [1.807, 2.05) is 6.07 Å². The molecular formula is C14H24N4O. The monoisotopic (exact) mass is 264 g/mol. The van der Waals surface area contributed by atoms with Crippen LogP contribution in [0.25, 0.3) is 0 Å². The van der Waals surface area contributed by atoms with E-state index < -0.39 is 0 Å². The van der Waals surface area contributed by atoms with Crippen LogP contribution in [-0.2, 0) is 0 Å². The minimum atomic E-state index is 0.599. The fourth-order valence-corrected chi connectivity index (χ4v) is 2.78. The Morgan fingerprint density at radius 2 is 2.16 bits per heavy atom. The highest BCUT2D eigenvalue weighted by atomic mass is 16.5. The summed E-state index contributed by atoms with van der Waals surface area (Å²) in [5.41, 5.74) is 6.76. The van der Waals surface area contributed by atoms with Crippen molar-refractivity contribution in [2.75, 3.05) is 43.9 Å². The average molecular weight is 264 g/mol. The first-order chi connectivity index (χ1) is 9.19. The van der Waals surface area contributed by atoms with Crippen LogP contribution in [0.15, 0.2) is 12.1 Å². The third kappa shape index (κ3) is 2.92. The van der Waals surface area contributed by atoms with Crippen molar-refractivity contribution >= 4 is 11.5 Å². The second-order valence-electron chi connectivity index (χ2n) is 4.88. The Hall–Kier alpha value is -1.49. The third-order valence-electron chi connectivity index (χ3n) is 3.88. The van der Waals surface area contributed by atoms with Gasteiger partial charge in [0, 0.05) is 25.2 Å². The molecule has 1 aromatic rings. The van der Waals surface area contributed by atoms with E-state index in [0.717, 1.165) is 37.7 Å². The van der Waals surface area contributed by atoms with Gasteiger partial charge < -0.3 is 15.4 Å². The highest BCUT2D eigenvalue weighted by Crippen LogP contribution is 2.28. The number of ether oxygens (including phenoxy) is 1. The van der Waals surface area contributed by atoms with E-state index in [9.17, 15) is 0 Å². The molecule has 0 aromatic carbocycles. The summed E-state index contributed by atoms with van der Waals surface area (Å²) in [6.45, 7) is 8.61. The molecule has 1 fully saturated rings. The number of likely N-dealkylation sites (N-methyl/N-ethyl adjacent to an activating group) is 1. The lowest BCUT2D eigenvalue weighted by Gasteiger charge is -2.26. The molecule has 2 rings (SSSR count). The van der Waals surface area contributed by atoms with Crippen LogP contribution in [-0.4, -0.2) is 49.2 Å². The smallest absolute Gasteiger partial charge is 0.215 e. The van der Waals surface area contributed by atoms with Crippen LogP contribution in [0.3, 0.4) is 0 Å². The molecule has 1 atom stereocenters. The predicted octanol–water partition coefficient (Wildman–Crippen LogP) is 1.59. The van der Waals surface area contributed by atoms with Gasteiger partial charge in [-0.2, -0.15) is 4.98 Å². The first-order valence-electron chi connectivity index (χ1n) is 6.99. The molecule has 1 aliphatic rings. The molecule has 5 nitrogen and oxygen atoms in total. The predicted molar refractivity (Wildman–Crippen MR) is 78.7 cm³/mol. The van der Waals surface area contributed by atoms with Gasteiger partial charge in [-0.05, 0) is 25.6 Å². The van der Waals surface area contributed by atoms with Crippen molar-refractivity contribution in [3.63, 3.8) is 0 Å². The molecule has 1 aliphatic heterocycles. The number of anilines is 2. The number of methoxy groups -OCH3 is 1. The summed E-state index contributed by atoms with van der Waals surface area (Å²) in [5.74, 6) is 1.48. The zero-order chi connectivity index (χ0) is 13.8. The Kier molecular flexibility index (Phi) is 4.47. The van der Waals surface area contributed by atoms with E-state index in [-0.39, 0.29) is 0 Å². The molecular weight excluding hydrogens is 240 g/mol. The first kappa shape index (κ1) is 13.9. The molecule has 1 saturated heterocycles. The fourth-order valence-electron chi connectivity index (χ4n) is 2.78. The number of hydrogen-bond acceptors (Lipinski definition) is 5. The summed E-state index contributed by atoms with van der Waals surface area (Å²) in [7, 11) is 1.63. The zero-order valence-electron chi connectivity index (χ0n) is 12.1. The highest BCUT2D eigenvalue weighted by molar-refractivity contribution is 5.64. The SMILES string of the molecule is CCN(CC)C1CCN(c2nc(OC)ccc2N)C1. The summed E-state index contributed by atoms with van der Waals surface area (Å²) < 4.78 is 5.18. The van der Waals surface area contributed by atoms with Crippen molar-refractivity contribution in [2.45, 2.75) is 26.3 Å². The Bertz CT molecular complexity index is 420. The Balaban J connectivity index is 2.12. The lowest BCUT2D eigenvalue weighted by molar-refractivity contribution is 0.232. The summed E-state index contributed by atoms with van der Waals surface area (Å²) in [6, 6.07) is 4.27. The molecule has 1 unspecified atom stereocenters. The molecule has 0 bridgehead atoms. The highest BCUT2D eigenvalue weighted by Gasteiger charge is 2.28. The second-order valence-corrected chi connectivity index (χ2v) is 4.88. The van der Waals surface area contributed by atoms with Gasteiger partial charge in [0.25, 0.3) is 0 Å². The zero-order valence-corrected chi connectivity index (χ0v) is 12.1. The maximum atomic E-state index is 6.04. The molecule has 2 heterocycles. The van der Waals surface area contributed by atoms with Gasteiger partial charge in [0.15, 0.2) is 5.82 Å². The molecule has 1 aromatic heterocycles. The Morgan fingerprint density at radius 1 is 1.42 bits per heavy atom. The third-order valence-corrected chi connectivity index (χ3v) is 3.88. The van der Waals surface area contributed by atoms with Crippen molar-refractivity contribution in [1.82, 2.24) is 9.88 Å². The molecule has 0 saturated carbocycles. The van der Waals surface area contributed by atoms with E-state index in [1.165, 1.54) is 6.42 Å². The van der Waals surface area contributed by atoms with Crippen molar-refractivity contribution in [2.24, 2.45) is 0 Å². The van der Waals surface area contributed by atoms with Crippen LogP contribution in [0.5, 0.6) is 5.88 Å². The molecule has 0 radical (unpaired) electrons. The van der Waals surface area contributed by atoms with Crippen LogP contribution >= 0.6 is 0 Å². The molecule has 19 heavy (non-hydrogen) atoms. The van der Waals surface area contributed by atoms with Gasteiger partial charge in [-0.3, -0.25) is 4.90 Å². The van der Waals surface area contributed by atoms with Crippen LogP contribution in [0, 0.1) is 0 Å². The van der Waals surface area contributed by atoms with Crippen LogP contribution in [0.2, 0.25) is 0 Å². The van der Waals surface area contributed by atoms with E-state index in [2.05, 4.69) is 28.6 Å². The van der Waals surface area contributed by atoms with Gasteiger partial charge in [0.05, 0.1) is 12.8 Å². The van der Waals surface area contributed by atoms with Gasteiger partial charge >= 0.3 is 0 Å². The molecule has 0 aliphatic carbocycles.